The first-order valence-electron chi connectivity index (χ1n) is 5.62. The summed E-state index contributed by atoms with van der Waals surface area (Å²) in [7, 11) is 0. The normalized spacial score (nSPS) is 21.7. The lowest BCUT2D eigenvalue weighted by Crippen LogP contribution is -2.23. The topological polar surface area (TPSA) is 29.5 Å². The van der Waals surface area contributed by atoms with Crippen LogP contribution in [0.5, 0.6) is 0 Å². The van der Waals surface area contributed by atoms with E-state index in [0.29, 0.717) is 12.7 Å². The maximum atomic E-state index is 9.45. The van der Waals surface area contributed by atoms with Crippen molar-refractivity contribution in [2.24, 2.45) is 0 Å². The summed E-state index contributed by atoms with van der Waals surface area (Å²) >= 11 is 0. The Kier molecular flexibility index (Phi) is 5.40. The van der Waals surface area contributed by atoms with E-state index in [1.165, 1.54) is 32.1 Å². The Morgan fingerprint density at radius 3 is 2.62 bits per heavy atom. The van der Waals surface area contributed by atoms with Gasteiger partial charge in [0.1, 0.15) is 0 Å². The molecule has 1 N–H and O–H groups in total. The third kappa shape index (κ3) is 4.63. The average Bonchev–Trinajstić information content (AvgIpc) is 2.17. The van der Waals surface area contributed by atoms with Crippen LogP contribution in [0, 0.1) is 0 Å². The van der Waals surface area contributed by atoms with Crippen LogP contribution in [-0.4, -0.2) is 23.9 Å². The third-order valence-electron chi connectivity index (χ3n) is 2.70. The van der Waals surface area contributed by atoms with Crippen LogP contribution in [0.3, 0.4) is 0 Å². The minimum atomic E-state index is -0.244. The molecule has 1 fully saturated rings. The number of aliphatic hydroxyl groups excluding tert-OH is 1. The lowest BCUT2D eigenvalue weighted by Gasteiger charge is -2.23. The summed E-state index contributed by atoms with van der Waals surface area (Å²) in [6, 6.07) is 0. The van der Waals surface area contributed by atoms with Crippen molar-refractivity contribution >= 4 is 0 Å². The Labute approximate surface area is 81.3 Å². The Bertz CT molecular complexity index is 119. The van der Waals surface area contributed by atoms with E-state index in [2.05, 4.69) is 6.92 Å². The molecule has 0 aromatic heterocycles. The second-order valence-electron chi connectivity index (χ2n) is 4.04. The fourth-order valence-corrected chi connectivity index (χ4v) is 1.90. The zero-order valence-corrected chi connectivity index (χ0v) is 8.67. The summed E-state index contributed by atoms with van der Waals surface area (Å²) in [6.07, 6.45) is 8.44. The molecule has 0 heterocycles. The molecule has 2 nitrogen and oxygen atoms in total. The number of hydrogen-bond donors (Lipinski definition) is 1. The van der Waals surface area contributed by atoms with Crippen LogP contribution >= 0.6 is 0 Å². The predicted octanol–water partition coefficient (Wildman–Crippen LogP) is 2.50. The smallest absolute Gasteiger partial charge is 0.0773 e. The third-order valence-corrected chi connectivity index (χ3v) is 2.70. The molecular weight excluding hydrogens is 164 g/mol. The Balaban J connectivity index is 2.03. The van der Waals surface area contributed by atoms with Crippen LogP contribution in [0.15, 0.2) is 0 Å². The average molecular weight is 186 g/mol. The molecule has 1 atom stereocenters. The van der Waals surface area contributed by atoms with E-state index < -0.39 is 0 Å². The highest BCUT2D eigenvalue weighted by molar-refractivity contribution is 4.66. The van der Waals surface area contributed by atoms with Gasteiger partial charge in [-0.05, 0) is 19.3 Å². The molecule has 0 aliphatic heterocycles. The van der Waals surface area contributed by atoms with Crippen molar-refractivity contribution in [3.05, 3.63) is 0 Å². The molecule has 0 spiro atoms. The van der Waals surface area contributed by atoms with E-state index in [1.807, 2.05) is 0 Å². The molecule has 78 valence electrons. The molecule has 2 heteroatoms. The van der Waals surface area contributed by atoms with E-state index in [9.17, 15) is 5.11 Å². The van der Waals surface area contributed by atoms with Crippen molar-refractivity contribution in [3.63, 3.8) is 0 Å². The lowest BCUT2D eigenvalue weighted by atomic mass is 9.98. The Morgan fingerprint density at radius 2 is 2.00 bits per heavy atom. The molecule has 0 radical (unpaired) electrons. The SMILES string of the molecule is CCCC(O)COC1CCCCC1. The number of hydrogen-bond acceptors (Lipinski definition) is 2. The van der Waals surface area contributed by atoms with Crippen LogP contribution in [0.1, 0.15) is 51.9 Å². The minimum Gasteiger partial charge on any atom is -0.391 e. The first-order chi connectivity index (χ1) is 6.33. The maximum absolute atomic E-state index is 9.45. The van der Waals surface area contributed by atoms with Gasteiger partial charge in [-0.25, -0.2) is 0 Å². The van der Waals surface area contributed by atoms with Crippen molar-refractivity contribution in [3.8, 4) is 0 Å². The van der Waals surface area contributed by atoms with Crippen LogP contribution in [0.25, 0.3) is 0 Å². The molecule has 0 bridgehead atoms. The second kappa shape index (κ2) is 6.39. The molecule has 1 aliphatic rings. The van der Waals surface area contributed by atoms with Gasteiger partial charge in [-0.2, -0.15) is 0 Å². The highest BCUT2D eigenvalue weighted by atomic mass is 16.5. The summed E-state index contributed by atoms with van der Waals surface area (Å²) in [5.41, 5.74) is 0. The summed E-state index contributed by atoms with van der Waals surface area (Å²) in [5.74, 6) is 0. The highest BCUT2D eigenvalue weighted by Crippen LogP contribution is 2.20. The molecule has 0 saturated heterocycles. The second-order valence-corrected chi connectivity index (χ2v) is 4.04. The zero-order chi connectivity index (χ0) is 9.52. The molecule has 0 aromatic rings. The van der Waals surface area contributed by atoms with E-state index >= 15 is 0 Å². The van der Waals surface area contributed by atoms with Gasteiger partial charge in [0.2, 0.25) is 0 Å². The van der Waals surface area contributed by atoms with Gasteiger partial charge < -0.3 is 9.84 Å². The molecule has 1 saturated carbocycles. The van der Waals surface area contributed by atoms with Crippen molar-refractivity contribution in [2.45, 2.75) is 64.1 Å². The molecule has 1 aliphatic carbocycles. The van der Waals surface area contributed by atoms with Gasteiger partial charge in [0.25, 0.3) is 0 Å². The van der Waals surface area contributed by atoms with E-state index in [1.54, 1.807) is 0 Å². The quantitative estimate of drug-likeness (QED) is 0.715. The summed E-state index contributed by atoms with van der Waals surface area (Å²) in [4.78, 5) is 0. The first-order valence-corrected chi connectivity index (χ1v) is 5.62. The molecule has 13 heavy (non-hydrogen) atoms. The maximum Gasteiger partial charge on any atom is 0.0773 e. The van der Waals surface area contributed by atoms with Gasteiger partial charge >= 0.3 is 0 Å². The number of ether oxygens (including phenoxy) is 1. The van der Waals surface area contributed by atoms with Crippen molar-refractivity contribution < 1.29 is 9.84 Å². The summed E-state index contributed by atoms with van der Waals surface area (Å²) < 4.78 is 5.65. The predicted molar refractivity (Wildman–Crippen MR) is 53.7 cm³/mol. The van der Waals surface area contributed by atoms with Crippen LogP contribution in [0.4, 0.5) is 0 Å². The Morgan fingerprint density at radius 1 is 1.31 bits per heavy atom. The molecule has 0 aromatic carbocycles. The van der Waals surface area contributed by atoms with Gasteiger partial charge in [-0.1, -0.05) is 32.6 Å². The van der Waals surface area contributed by atoms with E-state index in [0.717, 1.165) is 12.8 Å². The lowest BCUT2D eigenvalue weighted by molar-refractivity contribution is -0.0259. The fraction of sp³-hybridized carbons (Fsp3) is 1.00. The molecule has 1 rings (SSSR count). The fourth-order valence-electron chi connectivity index (χ4n) is 1.90. The van der Waals surface area contributed by atoms with Crippen LogP contribution < -0.4 is 0 Å². The number of rotatable bonds is 5. The first kappa shape index (κ1) is 11.0. The van der Waals surface area contributed by atoms with Gasteiger partial charge in [-0.3, -0.25) is 0 Å². The van der Waals surface area contributed by atoms with E-state index in [-0.39, 0.29) is 6.10 Å². The standard InChI is InChI=1S/C11H22O2/c1-2-6-10(12)9-13-11-7-4-3-5-8-11/h10-12H,2-9H2,1H3. The summed E-state index contributed by atoms with van der Waals surface area (Å²) in [6.45, 7) is 2.63. The van der Waals surface area contributed by atoms with Gasteiger partial charge in [0.15, 0.2) is 0 Å². The van der Waals surface area contributed by atoms with Crippen molar-refractivity contribution in [2.75, 3.05) is 6.61 Å². The largest absolute Gasteiger partial charge is 0.391 e. The Hall–Kier alpha value is -0.0800. The zero-order valence-electron chi connectivity index (χ0n) is 8.67. The molecule has 0 amide bonds. The molecular formula is C11H22O2. The van der Waals surface area contributed by atoms with Gasteiger partial charge in [-0.15, -0.1) is 0 Å². The van der Waals surface area contributed by atoms with Gasteiger partial charge in [0.05, 0.1) is 18.8 Å². The van der Waals surface area contributed by atoms with Crippen molar-refractivity contribution in [1.29, 1.82) is 0 Å². The van der Waals surface area contributed by atoms with E-state index in [4.69, 9.17) is 4.74 Å². The minimum absolute atomic E-state index is 0.244. The molecule has 1 unspecified atom stereocenters. The highest BCUT2D eigenvalue weighted by Gasteiger charge is 2.14. The van der Waals surface area contributed by atoms with Crippen LogP contribution in [0.2, 0.25) is 0 Å². The van der Waals surface area contributed by atoms with Crippen molar-refractivity contribution in [1.82, 2.24) is 0 Å². The van der Waals surface area contributed by atoms with Crippen LogP contribution in [-0.2, 0) is 4.74 Å². The van der Waals surface area contributed by atoms with Gasteiger partial charge in [0, 0.05) is 0 Å². The monoisotopic (exact) mass is 186 g/mol. The summed E-state index contributed by atoms with van der Waals surface area (Å²) in [5, 5.41) is 9.45. The number of aliphatic hydroxyl groups is 1.